The Morgan fingerprint density at radius 1 is 1.29 bits per heavy atom. The number of carbonyl (C=O) groups is 2. The third-order valence-electron chi connectivity index (χ3n) is 3.09. The summed E-state index contributed by atoms with van der Waals surface area (Å²) >= 11 is 0. The lowest BCUT2D eigenvalue weighted by molar-refractivity contribution is -0.138. The molecule has 7 nitrogen and oxygen atoms in total. The zero-order chi connectivity index (χ0) is 15.2. The molecule has 0 radical (unpaired) electrons. The van der Waals surface area contributed by atoms with Crippen molar-refractivity contribution in [2.24, 2.45) is 0 Å². The van der Waals surface area contributed by atoms with Crippen LogP contribution >= 0.6 is 0 Å². The van der Waals surface area contributed by atoms with Gasteiger partial charge < -0.3 is 24.8 Å². The highest BCUT2D eigenvalue weighted by atomic mass is 16.5. The smallest absolute Gasteiger partial charge is 0.338 e. The zero-order valence-electron chi connectivity index (χ0n) is 11.8. The third kappa shape index (κ3) is 4.09. The highest BCUT2D eigenvalue weighted by Crippen LogP contribution is 2.19. The Morgan fingerprint density at radius 2 is 2.00 bits per heavy atom. The van der Waals surface area contributed by atoms with Gasteiger partial charge in [0.2, 0.25) is 0 Å². The van der Waals surface area contributed by atoms with E-state index in [-0.39, 0.29) is 18.1 Å². The number of esters is 1. The Balaban J connectivity index is 1.92. The van der Waals surface area contributed by atoms with Crippen molar-refractivity contribution in [1.29, 1.82) is 0 Å². The van der Waals surface area contributed by atoms with Crippen molar-refractivity contribution in [1.82, 2.24) is 4.90 Å². The second-order valence-corrected chi connectivity index (χ2v) is 4.56. The molecule has 0 spiro atoms. The fourth-order valence-corrected chi connectivity index (χ4v) is 1.97. The number of morpholine rings is 1. The second-order valence-electron chi connectivity index (χ2n) is 4.56. The van der Waals surface area contributed by atoms with Crippen LogP contribution in [-0.2, 0) is 14.3 Å². The van der Waals surface area contributed by atoms with Crippen LogP contribution < -0.4 is 10.5 Å². The Bertz CT molecular complexity index is 526. The number of carbonyl (C=O) groups excluding carboxylic acids is 2. The van der Waals surface area contributed by atoms with Crippen molar-refractivity contribution in [2.75, 3.05) is 45.8 Å². The standard InChI is InChI=1S/C14H18N2O5/c1-19-12-7-10(6-11(15)8-12)14(18)21-9-13(17)16-2-4-20-5-3-16/h6-8H,2-5,9,15H2,1H3. The molecule has 1 amide bonds. The van der Waals surface area contributed by atoms with E-state index in [9.17, 15) is 9.59 Å². The van der Waals surface area contributed by atoms with Gasteiger partial charge in [-0.05, 0) is 12.1 Å². The number of hydrogen-bond acceptors (Lipinski definition) is 6. The maximum absolute atomic E-state index is 11.9. The molecule has 7 heteroatoms. The molecule has 114 valence electrons. The van der Waals surface area contributed by atoms with Gasteiger partial charge in [-0.3, -0.25) is 4.79 Å². The van der Waals surface area contributed by atoms with Crippen molar-refractivity contribution >= 4 is 17.6 Å². The molecule has 1 saturated heterocycles. The molecule has 1 aliphatic rings. The number of nitrogens with zero attached hydrogens (tertiary/aromatic N) is 1. The van der Waals surface area contributed by atoms with Crippen molar-refractivity contribution in [2.45, 2.75) is 0 Å². The first kappa shape index (κ1) is 15.1. The summed E-state index contributed by atoms with van der Waals surface area (Å²) in [5, 5.41) is 0. The molecule has 2 rings (SSSR count). The first-order valence-electron chi connectivity index (χ1n) is 6.57. The minimum atomic E-state index is -0.609. The molecule has 1 heterocycles. The average Bonchev–Trinajstić information content (AvgIpc) is 2.52. The number of benzene rings is 1. The topological polar surface area (TPSA) is 91.1 Å². The molecule has 0 aliphatic carbocycles. The van der Waals surface area contributed by atoms with E-state index in [1.807, 2.05) is 0 Å². The van der Waals surface area contributed by atoms with E-state index in [1.54, 1.807) is 11.0 Å². The third-order valence-corrected chi connectivity index (χ3v) is 3.09. The monoisotopic (exact) mass is 294 g/mol. The van der Waals surface area contributed by atoms with Crippen LogP contribution in [0.5, 0.6) is 5.75 Å². The number of amides is 1. The molecule has 0 aromatic heterocycles. The summed E-state index contributed by atoms with van der Waals surface area (Å²) in [6.45, 7) is 1.75. The van der Waals surface area contributed by atoms with E-state index < -0.39 is 5.97 Å². The van der Waals surface area contributed by atoms with E-state index in [1.165, 1.54) is 19.2 Å². The molecule has 1 aliphatic heterocycles. The van der Waals surface area contributed by atoms with Gasteiger partial charge in [-0.15, -0.1) is 0 Å². The SMILES string of the molecule is COc1cc(N)cc(C(=O)OCC(=O)N2CCOCC2)c1. The van der Waals surface area contributed by atoms with Gasteiger partial charge in [0, 0.05) is 24.8 Å². The van der Waals surface area contributed by atoms with E-state index in [0.29, 0.717) is 37.7 Å². The molecule has 1 aromatic rings. The van der Waals surface area contributed by atoms with Crippen molar-refractivity contribution in [3.63, 3.8) is 0 Å². The summed E-state index contributed by atoms with van der Waals surface area (Å²) in [7, 11) is 1.48. The zero-order valence-corrected chi connectivity index (χ0v) is 11.8. The fraction of sp³-hybridized carbons (Fsp3) is 0.429. The molecular formula is C14H18N2O5. The number of anilines is 1. The van der Waals surface area contributed by atoms with Crippen LogP contribution in [0.3, 0.4) is 0 Å². The molecule has 21 heavy (non-hydrogen) atoms. The fourth-order valence-electron chi connectivity index (χ4n) is 1.97. The minimum Gasteiger partial charge on any atom is -0.497 e. The van der Waals surface area contributed by atoms with Crippen LogP contribution in [0.2, 0.25) is 0 Å². The summed E-state index contributed by atoms with van der Waals surface area (Å²) in [4.78, 5) is 25.4. The summed E-state index contributed by atoms with van der Waals surface area (Å²) in [6, 6.07) is 4.58. The van der Waals surface area contributed by atoms with Gasteiger partial charge in [-0.1, -0.05) is 0 Å². The summed E-state index contributed by atoms with van der Waals surface area (Å²) in [6.07, 6.45) is 0. The summed E-state index contributed by atoms with van der Waals surface area (Å²) in [5.74, 6) is -0.383. The predicted molar refractivity (Wildman–Crippen MR) is 75.1 cm³/mol. The van der Waals surface area contributed by atoms with E-state index in [2.05, 4.69) is 0 Å². The number of ether oxygens (including phenoxy) is 3. The number of nitrogen functional groups attached to an aromatic ring is 1. The molecule has 1 aromatic carbocycles. The van der Waals surface area contributed by atoms with Crippen LogP contribution in [0.4, 0.5) is 5.69 Å². The van der Waals surface area contributed by atoms with Gasteiger partial charge in [-0.25, -0.2) is 4.79 Å². The summed E-state index contributed by atoms with van der Waals surface area (Å²) in [5.41, 5.74) is 6.31. The maximum atomic E-state index is 11.9. The molecule has 0 bridgehead atoms. The van der Waals surface area contributed by atoms with Crippen LogP contribution in [-0.4, -0.2) is 56.8 Å². The molecule has 1 fully saturated rings. The van der Waals surface area contributed by atoms with Gasteiger partial charge in [0.25, 0.3) is 5.91 Å². The number of rotatable bonds is 4. The lowest BCUT2D eigenvalue weighted by Gasteiger charge is -2.26. The van der Waals surface area contributed by atoms with Gasteiger partial charge in [0.15, 0.2) is 6.61 Å². The van der Waals surface area contributed by atoms with Gasteiger partial charge in [0.1, 0.15) is 5.75 Å². The quantitative estimate of drug-likeness (QED) is 0.634. The lowest BCUT2D eigenvalue weighted by atomic mass is 10.2. The first-order chi connectivity index (χ1) is 10.1. The molecule has 0 atom stereocenters. The van der Waals surface area contributed by atoms with Crippen LogP contribution in [0.15, 0.2) is 18.2 Å². The molecular weight excluding hydrogens is 276 g/mol. The van der Waals surface area contributed by atoms with E-state index in [4.69, 9.17) is 19.9 Å². The predicted octanol–water partition coefficient (Wildman–Crippen LogP) is 0.293. The van der Waals surface area contributed by atoms with Crippen LogP contribution in [0.1, 0.15) is 10.4 Å². The highest BCUT2D eigenvalue weighted by Gasteiger charge is 2.19. The molecule has 2 N–H and O–H groups in total. The number of methoxy groups -OCH3 is 1. The number of nitrogens with two attached hydrogens (primary N) is 1. The molecule has 0 unspecified atom stereocenters. The van der Waals surface area contributed by atoms with Crippen molar-refractivity contribution in [3.05, 3.63) is 23.8 Å². The van der Waals surface area contributed by atoms with Gasteiger partial charge in [-0.2, -0.15) is 0 Å². The number of hydrogen-bond donors (Lipinski definition) is 1. The highest BCUT2D eigenvalue weighted by molar-refractivity contribution is 5.92. The Hall–Kier alpha value is -2.28. The molecule has 0 saturated carbocycles. The Labute approximate surface area is 122 Å². The average molecular weight is 294 g/mol. The second kappa shape index (κ2) is 6.94. The summed E-state index contributed by atoms with van der Waals surface area (Å²) < 4.78 is 15.2. The van der Waals surface area contributed by atoms with Gasteiger partial charge in [0.05, 0.1) is 25.9 Å². The van der Waals surface area contributed by atoms with Crippen molar-refractivity contribution < 1.29 is 23.8 Å². The van der Waals surface area contributed by atoms with Gasteiger partial charge >= 0.3 is 5.97 Å². The Morgan fingerprint density at radius 3 is 2.67 bits per heavy atom. The Kier molecular flexibility index (Phi) is 4.99. The van der Waals surface area contributed by atoms with Crippen LogP contribution in [0.25, 0.3) is 0 Å². The normalized spacial score (nSPS) is 14.6. The lowest BCUT2D eigenvalue weighted by Crippen LogP contribution is -2.42. The van der Waals surface area contributed by atoms with E-state index >= 15 is 0 Å². The van der Waals surface area contributed by atoms with E-state index in [0.717, 1.165) is 0 Å². The largest absolute Gasteiger partial charge is 0.497 e. The maximum Gasteiger partial charge on any atom is 0.338 e. The minimum absolute atomic E-state index is 0.234. The first-order valence-corrected chi connectivity index (χ1v) is 6.57. The van der Waals surface area contributed by atoms with Crippen LogP contribution in [0, 0.1) is 0 Å². The van der Waals surface area contributed by atoms with Crippen molar-refractivity contribution in [3.8, 4) is 5.75 Å².